The van der Waals surface area contributed by atoms with Gasteiger partial charge in [0.05, 0.1) is 5.69 Å². The molecule has 0 radical (unpaired) electrons. The average molecular weight is 275 g/mol. The first-order chi connectivity index (χ1) is 10.2. The van der Waals surface area contributed by atoms with E-state index in [9.17, 15) is 0 Å². The molecule has 21 heavy (non-hydrogen) atoms. The highest BCUT2D eigenvalue weighted by Gasteiger charge is 2.10. The van der Waals surface area contributed by atoms with Gasteiger partial charge in [0.25, 0.3) is 5.78 Å². The van der Waals surface area contributed by atoms with Gasteiger partial charge >= 0.3 is 0 Å². The number of hydrogen-bond acceptors (Lipinski definition) is 4. The highest BCUT2D eigenvalue weighted by Crippen LogP contribution is 2.28. The largest absolute Gasteiger partial charge is 0.366 e. The van der Waals surface area contributed by atoms with Crippen molar-refractivity contribution in [3.8, 4) is 11.3 Å². The molecule has 2 aromatic carbocycles. The number of aromatic nitrogens is 4. The topological polar surface area (TPSA) is 69.1 Å². The van der Waals surface area contributed by atoms with Gasteiger partial charge in [0, 0.05) is 11.3 Å². The lowest BCUT2D eigenvalue weighted by Crippen LogP contribution is -1.98. The Morgan fingerprint density at radius 2 is 1.81 bits per heavy atom. The van der Waals surface area contributed by atoms with Crippen LogP contribution in [-0.4, -0.2) is 19.6 Å². The second kappa shape index (κ2) is 4.28. The maximum atomic E-state index is 5.66. The fourth-order valence-electron chi connectivity index (χ4n) is 2.61. The minimum atomic E-state index is 0.237. The van der Waals surface area contributed by atoms with Gasteiger partial charge in [-0.05, 0) is 23.8 Å². The van der Waals surface area contributed by atoms with Gasteiger partial charge in [0.2, 0.25) is 5.95 Å². The minimum Gasteiger partial charge on any atom is -0.366 e. The van der Waals surface area contributed by atoms with Crippen LogP contribution in [0.2, 0.25) is 0 Å². The predicted molar refractivity (Wildman–Crippen MR) is 82.9 cm³/mol. The number of fused-ring (bicyclic) bond motifs is 2. The number of rotatable bonds is 1. The molecule has 4 rings (SSSR count). The van der Waals surface area contributed by atoms with Crippen molar-refractivity contribution in [1.29, 1.82) is 0 Å². The van der Waals surface area contributed by atoms with Gasteiger partial charge in [-0.15, -0.1) is 5.10 Å². The molecule has 0 amide bonds. The number of anilines is 1. The van der Waals surface area contributed by atoms with Crippen molar-refractivity contribution in [3.05, 3.63) is 54.2 Å². The van der Waals surface area contributed by atoms with Crippen LogP contribution in [-0.2, 0) is 0 Å². The number of nitrogens with two attached hydrogens (primary N) is 1. The van der Waals surface area contributed by atoms with E-state index in [1.165, 1.54) is 10.8 Å². The van der Waals surface area contributed by atoms with Crippen LogP contribution in [0.15, 0.2) is 48.5 Å². The van der Waals surface area contributed by atoms with Crippen LogP contribution in [0.1, 0.15) is 5.69 Å². The van der Waals surface area contributed by atoms with E-state index in [-0.39, 0.29) is 5.95 Å². The van der Waals surface area contributed by atoms with Crippen LogP contribution in [0.3, 0.4) is 0 Å². The van der Waals surface area contributed by atoms with E-state index in [0.29, 0.717) is 5.78 Å². The van der Waals surface area contributed by atoms with Crippen molar-refractivity contribution in [1.82, 2.24) is 19.6 Å². The number of hydrogen-bond donors (Lipinski definition) is 1. The lowest BCUT2D eigenvalue weighted by molar-refractivity contribution is 0.900. The van der Waals surface area contributed by atoms with E-state index in [1.807, 2.05) is 31.2 Å². The van der Waals surface area contributed by atoms with E-state index >= 15 is 0 Å². The fraction of sp³-hybridized carbons (Fsp3) is 0.0625. The molecule has 5 heteroatoms. The summed E-state index contributed by atoms with van der Waals surface area (Å²) in [6.45, 7) is 1.97. The highest BCUT2D eigenvalue weighted by atomic mass is 15.4. The maximum absolute atomic E-state index is 5.66. The lowest BCUT2D eigenvalue weighted by Gasteiger charge is -2.07. The summed E-state index contributed by atoms with van der Waals surface area (Å²) in [6, 6.07) is 16.5. The molecular weight excluding hydrogens is 262 g/mol. The molecule has 0 aliphatic rings. The zero-order valence-electron chi connectivity index (χ0n) is 11.5. The Morgan fingerprint density at radius 3 is 2.71 bits per heavy atom. The van der Waals surface area contributed by atoms with Gasteiger partial charge in [-0.1, -0.05) is 42.5 Å². The Balaban J connectivity index is 2.04. The van der Waals surface area contributed by atoms with Crippen molar-refractivity contribution in [2.45, 2.75) is 6.92 Å². The summed E-state index contributed by atoms with van der Waals surface area (Å²) >= 11 is 0. The zero-order valence-corrected chi connectivity index (χ0v) is 11.5. The van der Waals surface area contributed by atoms with Crippen LogP contribution in [0.4, 0.5) is 5.95 Å². The predicted octanol–water partition coefficient (Wildman–Crippen LogP) is 2.84. The summed E-state index contributed by atoms with van der Waals surface area (Å²) in [5, 5.41) is 6.49. The smallest absolute Gasteiger partial charge is 0.254 e. The normalized spacial score (nSPS) is 11.3. The molecule has 0 bridgehead atoms. The van der Waals surface area contributed by atoms with Crippen LogP contribution in [0, 0.1) is 6.92 Å². The monoisotopic (exact) mass is 275 g/mol. The summed E-state index contributed by atoms with van der Waals surface area (Å²) < 4.78 is 1.66. The number of nitrogen functional groups attached to an aromatic ring is 1. The molecule has 0 aliphatic heterocycles. The van der Waals surface area contributed by atoms with Crippen molar-refractivity contribution in [2.24, 2.45) is 0 Å². The molecule has 0 fully saturated rings. The molecule has 102 valence electrons. The van der Waals surface area contributed by atoms with Crippen molar-refractivity contribution in [2.75, 3.05) is 5.73 Å². The SMILES string of the molecule is Cc1cc(-c2cccc3ccccc23)nc2nc(N)nn12. The van der Waals surface area contributed by atoms with Crippen molar-refractivity contribution >= 4 is 22.5 Å². The van der Waals surface area contributed by atoms with Gasteiger partial charge in [-0.2, -0.15) is 9.50 Å². The number of aryl methyl sites for hydroxylation is 1. The van der Waals surface area contributed by atoms with Crippen molar-refractivity contribution < 1.29 is 0 Å². The first kappa shape index (κ1) is 11.8. The summed E-state index contributed by atoms with van der Waals surface area (Å²) in [6.07, 6.45) is 0. The molecule has 0 unspecified atom stereocenters. The third kappa shape index (κ3) is 1.82. The third-order valence-electron chi connectivity index (χ3n) is 3.57. The summed E-state index contributed by atoms with van der Waals surface area (Å²) in [5.74, 6) is 0.760. The molecular formula is C16H13N5. The van der Waals surface area contributed by atoms with Gasteiger partial charge in [0.15, 0.2) is 0 Å². The summed E-state index contributed by atoms with van der Waals surface area (Å²) in [7, 11) is 0. The average Bonchev–Trinajstić information content (AvgIpc) is 2.87. The van der Waals surface area contributed by atoms with Crippen molar-refractivity contribution in [3.63, 3.8) is 0 Å². The molecule has 0 saturated carbocycles. The minimum absolute atomic E-state index is 0.237. The lowest BCUT2D eigenvalue weighted by atomic mass is 10.0. The van der Waals surface area contributed by atoms with Gasteiger partial charge in [-0.25, -0.2) is 4.98 Å². The Hall–Kier alpha value is -2.95. The Morgan fingerprint density at radius 1 is 1.00 bits per heavy atom. The maximum Gasteiger partial charge on any atom is 0.254 e. The van der Waals surface area contributed by atoms with Gasteiger partial charge < -0.3 is 5.73 Å². The first-order valence-corrected chi connectivity index (χ1v) is 6.70. The van der Waals surface area contributed by atoms with E-state index in [2.05, 4.69) is 39.3 Å². The van der Waals surface area contributed by atoms with E-state index < -0.39 is 0 Å². The Kier molecular flexibility index (Phi) is 2.41. The Labute approximate surface area is 121 Å². The Bertz CT molecular complexity index is 966. The second-order valence-electron chi connectivity index (χ2n) is 4.99. The fourth-order valence-corrected chi connectivity index (χ4v) is 2.61. The van der Waals surface area contributed by atoms with E-state index in [0.717, 1.165) is 17.0 Å². The molecule has 0 saturated heterocycles. The standard InChI is InChI=1S/C16H13N5/c1-10-9-14(18-16-19-15(17)20-21(10)16)13-8-4-6-11-5-2-3-7-12(11)13/h2-9H,1H3,(H2,17,20). The highest BCUT2D eigenvalue weighted by molar-refractivity contribution is 5.95. The molecule has 0 aliphatic carbocycles. The van der Waals surface area contributed by atoms with Crippen LogP contribution >= 0.6 is 0 Å². The second-order valence-corrected chi connectivity index (χ2v) is 4.99. The molecule has 2 aromatic heterocycles. The summed E-state index contributed by atoms with van der Waals surface area (Å²) in [4.78, 5) is 8.75. The molecule has 0 spiro atoms. The molecule has 5 nitrogen and oxygen atoms in total. The third-order valence-corrected chi connectivity index (χ3v) is 3.57. The van der Waals surface area contributed by atoms with Crippen LogP contribution in [0.25, 0.3) is 27.8 Å². The van der Waals surface area contributed by atoms with Crippen LogP contribution < -0.4 is 5.73 Å². The van der Waals surface area contributed by atoms with Gasteiger partial charge in [-0.3, -0.25) is 0 Å². The zero-order chi connectivity index (χ0) is 14.4. The summed E-state index contributed by atoms with van der Waals surface area (Å²) in [5.41, 5.74) is 8.57. The van der Waals surface area contributed by atoms with E-state index in [4.69, 9.17) is 5.73 Å². The number of nitrogens with zero attached hydrogens (tertiary/aromatic N) is 4. The van der Waals surface area contributed by atoms with Crippen LogP contribution in [0.5, 0.6) is 0 Å². The molecule has 2 heterocycles. The molecule has 4 aromatic rings. The number of benzene rings is 2. The van der Waals surface area contributed by atoms with E-state index in [1.54, 1.807) is 4.52 Å². The quantitative estimate of drug-likeness (QED) is 0.580. The first-order valence-electron chi connectivity index (χ1n) is 6.70. The molecule has 0 atom stereocenters. The molecule has 2 N–H and O–H groups in total. The van der Waals surface area contributed by atoms with Gasteiger partial charge in [0.1, 0.15) is 0 Å².